The molecule has 0 fully saturated rings. The minimum atomic E-state index is -1.53. The van der Waals surface area contributed by atoms with Crippen LogP contribution in [-0.4, -0.2) is 59.3 Å². The molecule has 0 aliphatic carbocycles. The molecule has 238 valence electrons. The Hall–Kier alpha value is -6.25. The van der Waals surface area contributed by atoms with Gasteiger partial charge in [-0.3, -0.25) is 15.0 Å². The van der Waals surface area contributed by atoms with Gasteiger partial charge in [0.15, 0.2) is 11.5 Å². The van der Waals surface area contributed by atoms with E-state index in [1.54, 1.807) is 6.92 Å². The van der Waals surface area contributed by atoms with Crippen molar-refractivity contribution in [3.05, 3.63) is 94.6 Å². The van der Waals surface area contributed by atoms with Crippen LogP contribution in [0, 0.1) is 17.0 Å². The van der Waals surface area contributed by atoms with Gasteiger partial charge in [-0.05, 0) is 61.5 Å². The Morgan fingerprint density at radius 3 is 2.13 bits per heavy atom. The number of primary amides is 1. The number of benzene rings is 3. The first-order valence-corrected chi connectivity index (χ1v) is 13.3. The third-order valence-corrected chi connectivity index (χ3v) is 6.08. The monoisotopic (exact) mass is 635 g/mol. The van der Waals surface area contributed by atoms with Crippen molar-refractivity contribution in [1.82, 2.24) is 9.88 Å². The maximum Gasteiger partial charge on any atom is 0.338 e. The molecular formula is C31H27F2N5O8. The van der Waals surface area contributed by atoms with Crippen LogP contribution in [0.2, 0.25) is 0 Å². The number of nitrogens with zero attached hydrogens (tertiary/aromatic N) is 2. The fraction of sp³-hybridized carbons (Fsp3) is 0.129. The average Bonchev–Trinajstić information content (AvgIpc) is 3.02. The van der Waals surface area contributed by atoms with Crippen LogP contribution in [0.1, 0.15) is 43.6 Å². The molecule has 0 spiro atoms. The van der Waals surface area contributed by atoms with Crippen LogP contribution in [0.25, 0.3) is 0 Å². The Kier molecular flexibility index (Phi) is 9.65. The second kappa shape index (κ2) is 13.6. The van der Waals surface area contributed by atoms with Crippen LogP contribution in [0.3, 0.4) is 0 Å². The van der Waals surface area contributed by atoms with Crippen molar-refractivity contribution in [2.24, 2.45) is 11.5 Å². The second-order valence-corrected chi connectivity index (χ2v) is 9.64. The zero-order valence-electron chi connectivity index (χ0n) is 24.6. The summed E-state index contributed by atoms with van der Waals surface area (Å²) in [5.74, 6) is -10.1. The van der Waals surface area contributed by atoms with Crippen molar-refractivity contribution in [1.29, 1.82) is 5.41 Å². The molecule has 3 aromatic carbocycles. The quantitative estimate of drug-likeness (QED) is 0.102. The van der Waals surface area contributed by atoms with Crippen molar-refractivity contribution in [2.45, 2.75) is 6.92 Å². The number of carbonyl (C=O) groups is 3. The van der Waals surface area contributed by atoms with Crippen molar-refractivity contribution >= 4 is 23.6 Å². The van der Waals surface area contributed by atoms with E-state index in [2.05, 4.69) is 4.98 Å². The molecule has 13 nitrogen and oxygen atoms in total. The molecule has 0 unspecified atom stereocenters. The molecule has 0 saturated heterocycles. The van der Waals surface area contributed by atoms with E-state index in [9.17, 15) is 19.5 Å². The molecule has 2 amide bonds. The lowest BCUT2D eigenvalue weighted by molar-refractivity contribution is 0.0525. The van der Waals surface area contributed by atoms with Gasteiger partial charge in [0.05, 0.1) is 12.2 Å². The number of pyridine rings is 1. The highest BCUT2D eigenvalue weighted by atomic mass is 19.1. The Balaban J connectivity index is 1.87. The minimum absolute atomic E-state index is 0.0101. The maximum atomic E-state index is 15.9. The number of aromatic nitrogens is 1. The fourth-order valence-electron chi connectivity index (χ4n) is 3.89. The van der Waals surface area contributed by atoms with Crippen molar-refractivity contribution in [3.8, 4) is 40.5 Å². The number of phenolic OH excluding ortho intramolecular Hbond substituents is 1. The number of hydrogen-bond donors (Lipinski definition) is 4. The van der Waals surface area contributed by atoms with Gasteiger partial charge < -0.3 is 40.4 Å². The average molecular weight is 636 g/mol. The van der Waals surface area contributed by atoms with E-state index >= 15 is 8.78 Å². The minimum Gasteiger partial charge on any atom is -0.504 e. The SMILES string of the molecule is CCOC(=O)c1cc(Oc2c(F)c(Oc3cccc(C(=O)N(C)C)c3)nc(Oc3cc(C(=N)N)ccc3O)c2F)cc(C(N)=O)c1. The van der Waals surface area contributed by atoms with Crippen LogP contribution in [0.15, 0.2) is 60.7 Å². The third-order valence-electron chi connectivity index (χ3n) is 6.08. The predicted molar refractivity (Wildman–Crippen MR) is 159 cm³/mol. The van der Waals surface area contributed by atoms with Crippen LogP contribution in [0.4, 0.5) is 8.78 Å². The van der Waals surface area contributed by atoms with Gasteiger partial charge in [0, 0.05) is 30.8 Å². The summed E-state index contributed by atoms with van der Waals surface area (Å²) in [7, 11) is 3.06. The molecular weight excluding hydrogens is 608 g/mol. The summed E-state index contributed by atoms with van der Waals surface area (Å²) >= 11 is 0. The van der Waals surface area contributed by atoms with Gasteiger partial charge in [0.2, 0.25) is 23.3 Å². The maximum absolute atomic E-state index is 15.9. The molecule has 4 rings (SSSR count). The number of carbonyl (C=O) groups excluding carboxylic acids is 3. The summed E-state index contributed by atoms with van der Waals surface area (Å²) in [6.45, 7) is 1.54. The molecule has 0 saturated carbocycles. The van der Waals surface area contributed by atoms with Crippen LogP contribution in [0.5, 0.6) is 40.5 Å². The topological polar surface area (TPSA) is 200 Å². The number of nitrogen functional groups attached to an aromatic ring is 1. The number of amides is 2. The highest BCUT2D eigenvalue weighted by Crippen LogP contribution is 2.41. The van der Waals surface area contributed by atoms with Gasteiger partial charge in [0.25, 0.3) is 17.7 Å². The summed E-state index contributed by atoms with van der Waals surface area (Å²) in [5, 5.41) is 18.0. The number of nitrogens with one attached hydrogen (secondary N) is 1. The van der Waals surface area contributed by atoms with Crippen LogP contribution in [-0.2, 0) is 4.74 Å². The summed E-state index contributed by atoms with van der Waals surface area (Å²) < 4.78 is 53.4. The molecule has 4 aromatic rings. The molecule has 6 N–H and O–H groups in total. The van der Waals surface area contributed by atoms with E-state index in [1.165, 1.54) is 49.3 Å². The van der Waals surface area contributed by atoms with E-state index in [4.69, 9.17) is 35.8 Å². The smallest absolute Gasteiger partial charge is 0.338 e. The molecule has 1 aromatic heterocycles. The van der Waals surface area contributed by atoms with E-state index in [1.807, 2.05) is 0 Å². The number of rotatable bonds is 11. The summed E-state index contributed by atoms with van der Waals surface area (Å²) in [5.41, 5.74) is 10.7. The summed E-state index contributed by atoms with van der Waals surface area (Å²) in [6, 6.07) is 12.4. The fourth-order valence-corrected chi connectivity index (χ4v) is 3.89. The molecule has 0 aliphatic rings. The second-order valence-electron chi connectivity index (χ2n) is 9.64. The molecule has 0 bridgehead atoms. The highest BCUT2D eigenvalue weighted by Gasteiger charge is 2.27. The number of esters is 1. The number of halogens is 2. The first-order valence-electron chi connectivity index (χ1n) is 13.3. The normalized spacial score (nSPS) is 10.5. The van der Waals surface area contributed by atoms with E-state index in [-0.39, 0.29) is 34.6 Å². The highest BCUT2D eigenvalue weighted by molar-refractivity contribution is 5.98. The first-order chi connectivity index (χ1) is 21.8. The lowest BCUT2D eigenvalue weighted by Crippen LogP contribution is -2.21. The summed E-state index contributed by atoms with van der Waals surface area (Å²) in [4.78, 5) is 41.9. The molecule has 1 heterocycles. The Morgan fingerprint density at radius 1 is 0.848 bits per heavy atom. The van der Waals surface area contributed by atoms with E-state index in [0.717, 1.165) is 30.3 Å². The lowest BCUT2D eigenvalue weighted by atomic mass is 10.1. The number of nitrogens with two attached hydrogens (primary N) is 2. The number of phenols is 1. The van der Waals surface area contributed by atoms with Crippen LogP contribution < -0.4 is 25.7 Å². The number of amidine groups is 1. The van der Waals surface area contributed by atoms with Crippen molar-refractivity contribution in [3.63, 3.8) is 0 Å². The summed E-state index contributed by atoms with van der Waals surface area (Å²) in [6.07, 6.45) is 0. The molecule has 46 heavy (non-hydrogen) atoms. The van der Waals surface area contributed by atoms with Gasteiger partial charge in [-0.15, -0.1) is 0 Å². The number of aromatic hydroxyl groups is 1. The molecule has 0 radical (unpaired) electrons. The Bertz CT molecular complexity index is 1870. The largest absolute Gasteiger partial charge is 0.504 e. The zero-order chi connectivity index (χ0) is 33.7. The number of hydrogen-bond acceptors (Lipinski definition) is 10. The van der Waals surface area contributed by atoms with E-state index < -0.39 is 70.0 Å². The van der Waals surface area contributed by atoms with Gasteiger partial charge in [-0.2, -0.15) is 13.8 Å². The standard InChI is InChI=1S/C31H27F2N5O8/c1-4-43-31(42)18-10-17(27(36)40)12-20(13-18)44-25-23(32)28(45-19-7-5-6-16(11-19)30(41)38(2)3)37-29(24(25)33)46-22-14-15(26(34)35)8-9-21(22)39/h5-14,39H,4H2,1-3H3,(H3,34,35)(H2,36,40). The van der Waals surface area contributed by atoms with E-state index in [0.29, 0.717) is 0 Å². The molecule has 0 atom stereocenters. The van der Waals surface area contributed by atoms with Gasteiger partial charge in [0.1, 0.15) is 17.3 Å². The van der Waals surface area contributed by atoms with Crippen LogP contribution >= 0.6 is 0 Å². The first kappa shape index (κ1) is 32.7. The van der Waals surface area contributed by atoms with Crippen molar-refractivity contribution in [2.75, 3.05) is 20.7 Å². The molecule has 15 heteroatoms. The Morgan fingerprint density at radius 2 is 1.50 bits per heavy atom. The predicted octanol–water partition coefficient (Wildman–Crippen LogP) is 4.70. The lowest BCUT2D eigenvalue weighted by Gasteiger charge is -2.16. The van der Waals surface area contributed by atoms with Gasteiger partial charge >= 0.3 is 5.97 Å². The van der Waals surface area contributed by atoms with Gasteiger partial charge in [-0.25, -0.2) is 4.79 Å². The van der Waals surface area contributed by atoms with Gasteiger partial charge in [-0.1, -0.05) is 6.07 Å². The third kappa shape index (κ3) is 7.27. The Labute approximate surface area is 260 Å². The van der Waals surface area contributed by atoms with Crippen molar-refractivity contribution < 1.29 is 47.2 Å². The zero-order valence-corrected chi connectivity index (χ0v) is 24.6. The number of ether oxygens (including phenoxy) is 4. The molecule has 0 aliphatic heterocycles.